The van der Waals surface area contributed by atoms with Crippen molar-refractivity contribution in [2.24, 2.45) is 0 Å². The zero-order chi connectivity index (χ0) is 33.6. The quantitative estimate of drug-likeness (QED) is 0.184. The highest BCUT2D eigenvalue weighted by Gasteiger charge is 2.25. The Morgan fingerprint density at radius 1 is 0.373 bits per heavy atom. The van der Waals surface area contributed by atoms with Gasteiger partial charge in [-0.1, -0.05) is 97.1 Å². The third-order valence-corrected chi connectivity index (χ3v) is 10.9. The molecule has 1 aromatic heterocycles. The normalized spacial score (nSPS) is 12.0. The lowest BCUT2D eigenvalue weighted by Crippen LogP contribution is -2.11. The molecule has 9 aromatic carbocycles. The monoisotopic (exact) mass is 648 g/mol. The molecule has 2 nitrogen and oxygen atoms in total. The van der Waals surface area contributed by atoms with Crippen LogP contribution in [0.3, 0.4) is 0 Å². The summed E-state index contributed by atoms with van der Waals surface area (Å²) in [5.74, 6) is 0. The Morgan fingerprint density at radius 2 is 0.843 bits per heavy atom. The van der Waals surface area contributed by atoms with E-state index in [4.69, 9.17) is 0 Å². The molecule has 0 saturated heterocycles. The van der Waals surface area contributed by atoms with Gasteiger partial charge in [-0.15, -0.1) is 0 Å². The number of aromatic nitrogens is 1. The van der Waals surface area contributed by atoms with Crippen molar-refractivity contribution in [3.8, 4) is 27.9 Å². The van der Waals surface area contributed by atoms with Gasteiger partial charge in [-0.25, -0.2) is 0 Å². The van der Waals surface area contributed by atoms with Gasteiger partial charge in [0.1, 0.15) is 0 Å². The Morgan fingerprint density at radius 3 is 1.51 bits per heavy atom. The van der Waals surface area contributed by atoms with E-state index < -0.39 is 0 Å². The summed E-state index contributed by atoms with van der Waals surface area (Å²) in [5, 5.41) is 10.1. The average Bonchev–Trinajstić information content (AvgIpc) is 3.51. The summed E-state index contributed by atoms with van der Waals surface area (Å²) in [6.45, 7) is 2.19. The molecule has 0 spiro atoms. The van der Waals surface area contributed by atoms with E-state index in [1.165, 1.54) is 93.3 Å². The lowest BCUT2D eigenvalue weighted by molar-refractivity contribution is 1.19. The number of benzene rings is 9. The van der Waals surface area contributed by atoms with Gasteiger partial charge in [0, 0.05) is 33.5 Å². The number of rotatable bonds is 4. The van der Waals surface area contributed by atoms with Crippen molar-refractivity contribution in [3.05, 3.63) is 181 Å². The van der Waals surface area contributed by atoms with Crippen molar-refractivity contribution < 1.29 is 0 Å². The van der Waals surface area contributed by atoms with Crippen molar-refractivity contribution >= 4 is 71.2 Å². The van der Waals surface area contributed by atoms with E-state index in [0.717, 1.165) is 11.4 Å². The van der Waals surface area contributed by atoms with Gasteiger partial charge in [0.25, 0.3) is 0 Å². The molecule has 0 atom stereocenters. The van der Waals surface area contributed by atoms with E-state index in [-0.39, 0.29) is 0 Å². The molecule has 11 rings (SSSR count). The van der Waals surface area contributed by atoms with Gasteiger partial charge in [0.05, 0.1) is 11.0 Å². The summed E-state index contributed by atoms with van der Waals surface area (Å²) in [7, 11) is 0. The Bertz CT molecular complexity index is 3000. The Kier molecular flexibility index (Phi) is 5.91. The van der Waals surface area contributed by atoms with Gasteiger partial charge in [-0.05, 0) is 146 Å². The van der Waals surface area contributed by atoms with E-state index >= 15 is 0 Å². The van der Waals surface area contributed by atoms with Crippen molar-refractivity contribution in [3.63, 3.8) is 0 Å². The maximum atomic E-state index is 2.40. The molecular weight excluding hydrogens is 617 g/mol. The first-order valence-electron chi connectivity index (χ1n) is 17.7. The number of hydrogen-bond acceptors (Lipinski definition) is 1. The molecule has 0 saturated carbocycles. The highest BCUT2D eigenvalue weighted by molar-refractivity contribution is 6.13. The first kappa shape index (κ1) is 28.2. The van der Waals surface area contributed by atoms with Gasteiger partial charge >= 0.3 is 0 Å². The summed E-state index contributed by atoms with van der Waals surface area (Å²) in [6.07, 6.45) is 0. The number of hydrogen-bond donors (Lipinski definition) is 0. The molecule has 0 amide bonds. The molecule has 1 aliphatic rings. The fourth-order valence-corrected chi connectivity index (χ4v) is 8.44. The van der Waals surface area contributed by atoms with E-state index in [2.05, 4.69) is 192 Å². The number of para-hydroxylation sites is 3. The first-order chi connectivity index (χ1) is 25.2. The molecule has 51 heavy (non-hydrogen) atoms. The van der Waals surface area contributed by atoms with Crippen LogP contribution in [0.25, 0.3) is 82.1 Å². The standard InChI is InChI=1S/C49H32N2/c1-31-10-2-7-15-47(31)50(38-21-18-32-11-3-4-12-33(32)24-38)39-22-19-34-27-43-45(29-36(34)25-39)44-28-35-20-23-40(26-37(35)30-46(43)44)51-48-16-8-5-13-41(48)42-14-6-9-17-49(42)51/h2-30H,1H3. The molecular formula is C49H32N2. The second kappa shape index (κ2) is 10.7. The zero-order valence-corrected chi connectivity index (χ0v) is 28.1. The van der Waals surface area contributed by atoms with Crippen LogP contribution in [-0.4, -0.2) is 4.57 Å². The van der Waals surface area contributed by atoms with Crippen LogP contribution in [-0.2, 0) is 0 Å². The number of nitrogens with zero attached hydrogens (tertiary/aromatic N) is 2. The molecule has 1 aliphatic carbocycles. The van der Waals surface area contributed by atoms with Crippen molar-refractivity contribution in [1.29, 1.82) is 0 Å². The van der Waals surface area contributed by atoms with E-state index in [0.29, 0.717) is 0 Å². The predicted octanol–water partition coefficient (Wildman–Crippen LogP) is 13.7. The zero-order valence-electron chi connectivity index (χ0n) is 28.1. The number of aryl methyl sites for hydroxylation is 1. The summed E-state index contributed by atoms with van der Waals surface area (Å²) in [5.41, 5.74) is 13.7. The largest absolute Gasteiger partial charge is 0.310 e. The summed E-state index contributed by atoms with van der Waals surface area (Å²) in [4.78, 5) is 2.40. The van der Waals surface area contributed by atoms with Crippen LogP contribution < -0.4 is 4.90 Å². The highest BCUT2D eigenvalue weighted by atomic mass is 15.1. The summed E-state index contributed by atoms with van der Waals surface area (Å²) in [6, 6.07) is 64.9. The molecule has 0 bridgehead atoms. The van der Waals surface area contributed by atoms with Crippen LogP contribution in [0.4, 0.5) is 17.1 Å². The van der Waals surface area contributed by atoms with Crippen LogP contribution in [0.1, 0.15) is 5.56 Å². The Hall–Kier alpha value is -6.64. The summed E-state index contributed by atoms with van der Waals surface area (Å²) < 4.78 is 2.40. The molecule has 10 aromatic rings. The predicted molar refractivity (Wildman–Crippen MR) is 217 cm³/mol. The second-order valence-electron chi connectivity index (χ2n) is 13.9. The van der Waals surface area contributed by atoms with Gasteiger partial charge in [0.2, 0.25) is 0 Å². The molecule has 0 N–H and O–H groups in total. The molecule has 238 valence electrons. The van der Waals surface area contributed by atoms with E-state index in [9.17, 15) is 0 Å². The minimum atomic E-state index is 1.16. The van der Waals surface area contributed by atoms with Crippen LogP contribution in [0.2, 0.25) is 0 Å². The summed E-state index contributed by atoms with van der Waals surface area (Å²) >= 11 is 0. The van der Waals surface area contributed by atoms with Gasteiger partial charge < -0.3 is 9.47 Å². The smallest absolute Gasteiger partial charge is 0.0541 e. The van der Waals surface area contributed by atoms with Crippen LogP contribution in [0, 0.1) is 6.92 Å². The minimum Gasteiger partial charge on any atom is -0.310 e. The lowest BCUT2D eigenvalue weighted by atomic mass is 9.78. The van der Waals surface area contributed by atoms with E-state index in [1.807, 2.05) is 0 Å². The fourth-order valence-electron chi connectivity index (χ4n) is 8.44. The first-order valence-corrected chi connectivity index (χ1v) is 17.7. The van der Waals surface area contributed by atoms with Gasteiger partial charge in [-0.2, -0.15) is 0 Å². The number of anilines is 3. The molecule has 0 aliphatic heterocycles. The van der Waals surface area contributed by atoms with Gasteiger partial charge in [-0.3, -0.25) is 0 Å². The van der Waals surface area contributed by atoms with E-state index in [1.54, 1.807) is 0 Å². The van der Waals surface area contributed by atoms with Crippen LogP contribution in [0.5, 0.6) is 0 Å². The second-order valence-corrected chi connectivity index (χ2v) is 13.9. The maximum absolute atomic E-state index is 2.40. The molecule has 1 heterocycles. The number of fused-ring (bicyclic) bond motifs is 10. The van der Waals surface area contributed by atoms with Crippen molar-refractivity contribution in [2.75, 3.05) is 4.90 Å². The molecule has 0 fully saturated rings. The lowest BCUT2D eigenvalue weighted by Gasteiger charge is -2.29. The average molecular weight is 649 g/mol. The van der Waals surface area contributed by atoms with Crippen molar-refractivity contribution in [2.45, 2.75) is 6.92 Å². The highest BCUT2D eigenvalue weighted by Crippen LogP contribution is 2.51. The maximum Gasteiger partial charge on any atom is 0.0541 e. The third kappa shape index (κ3) is 4.23. The Labute approximate surface area is 296 Å². The van der Waals surface area contributed by atoms with Crippen molar-refractivity contribution in [1.82, 2.24) is 4.57 Å². The Balaban J connectivity index is 1.02. The van der Waals surface area contributed by atoms with Gasteiger partial charge in [0.15, 0.2) is 0 Å². The minimum absolute atomic E-state index is 1.16. The fraction of sp³-hybridized carbons (Fsp3) is 0.0204. The molecule has 0 unspecified atom stereocenters. The third-order valence-electron chi connectivity index (χ3n) is 10.9. The van der Waals surface area contributed by atoms with Crippen LogP contribution >= 0.6 is 0 Å². The van der Waals surface area contributed by atoms with Crippen LogP contribution in [0.15, 0.2) is 176 Å². The molecule has 2 heteroatoms. The molecule has 0 radical (unpaired) electrons. The SMILES string of the molecule is Cc1ccccc1N(c1ccc2ccccc2c1)c1ccc2cc3c(cc2c1)-c1cc2ccc(-n4c5ccccc5c5ccccc54)cc2cc1-3. The topological polar surface area (TPSA) is 8.17 Å².